The quantitative estimate of drug-likeness (QED) is 0.381. The lowest BCUT2D eigenvalue weighted by Gasteiger charge is -2.19. The van der Waals surface area contributed by atoms with E-state index < -0.39 is 0 Å². The lowest BCUT2D eigenvalue weighted by Crippen LogP contribution is -2.44. The Hall–Kier alpha value is -1.72. The van der Waals surface area contributed by atoms with Gasteiger partial charge in [-0.25, -0.2) is 4.79 Å². The van der Waals surface area contributed by atoms with Crippen LogP contribution in [-0.2, 0) is 4.74 Å². The third-order valence-corrected chi connectivity index (χ3v) is 3.91. The van der Waals surface area contributed by atoms with Crippen molar-refractivity contribution in [3.05, 3.63) is 12.2 Å². The van der Waals surface area contributed by atoms with Gasteiger partial charge in [0.05, 0.1) is 19.2 Å². The van der Waals surface area contributed by atoms with Crippen LogP contribution in [0.15, 0.2) is 17.1 Å². The van der Waals surface area contributed by atoms with Crippen LogP contribution in [0, 0.1) is 5.92 Å². The molecule has 0 aliphatic heterocycles. The second-order valence-corrected chi connectivity index (χ2v) is 5.81. The summed E-state index contributed by atoms with van der Waals surface area (Å²) in [7, 11) is 0. The molecule has 0 heterocycles. The SMILES string of the molecule is CCNC(=NCC(NC(=O)OCC)C1CC1)NC1CC=CC1. The number of aliphatic imine (C=N–C) groups is 1. The number of rotatable bonds is 7. The minimum Gasteiger partial charge on any atom is -0.450 e. The van der Waals surface area contributed by atoms with Gasteiger partial charge in [-0.1, -0.05) is 12.2 Å². The first-order valence-corrected chi connectivity index (χ1v) is 8.36. The Balaban J connectivity index is 1.86. The lowest BCUT2D eigenvalue weighted by molar-refractivity contribution is 0.147. The van der Waals surface area contributed by atoms with Crippen LogP contribution in [-0.4, -0.2) is 43.8 Å². The number of hydrogen-bond acceptors (Lipinski definition) is 3. The van der Waals surface area contributed by atoms with Crippen molar-refractivity contribution in [2.24, 2.45) is 10.9 Å². The van der Waals surface area contributed by atoms with Crippen molar-refractivity contribution in [1.82, 2.24) is 16.0 Å². The van der Waals surface area contributed by atoms with Gasteiger partial charge in [0, 0.05) is 12.6 Å². The number of alkyl carbamates (subject to hydrolysis) is 1. The van der Waals surface area contributed by atoms with Crippen LogP contribution in [0.4, 0.5) is 4.79 Å². The average Bonchev–Trinajstić information content (AvgIpc) is 3.21. The number of carbonyl (C=O) groups excluding carboxylic acids is 1. The van der Waals surface area contributed by atoms with E-state index in [1.807, 2.05) is 6.92 Å². The number of guanidine groups is 1. The summed E-state index contributed by atoms with van der Waals surface area (Å²) in [6.07, 6.45) is 8.43. The summed E-state index contributed by atoms with van der Waals surface area (Å²) in [5.41, 5.74) is 0. The normalized spacial score (nSPS) is 19.8. The molecule has 3 N–H and O–H groups in total. The van der Waals surface area contributed by atoms with Crippen LogP contribution in [0.25, 0.3) is 0 Å². The van der Waals surface area contributed by atoms with E-state index in [1.165, 1.54) is 0 Å². The largest absolute Gasteiger partial charge is 0.450 e. The first kappa shape index (κ1) is 16.6. The molecule has 22 heavy (non-hydrogen) atoms. The summed E-state index contributed by atoms with van der Waals surface area (Å²) in [6.45, 7) is 5.67. The van der Waals surface area contributed by atoms with Gasteiger partial charge in [-0.3, -0.25) is 4.99 Å². The van der Waals surface area contributed by atoms with E-state index in [1.54, 1.807) is 0 Å². The van der Waals surface area contributed by atoms with E-state index in [9.17, 15) is 4.79 Å². The Morgan fingerprint density at radius 2 is 2.05 bits per heavy atom. The highest BCUT2D eigenvalue weighted by molar-refractivity contribution is 5.80. The molecular formula is C16H28N4O2. The summed E-state index contributed by atoms with van der Waals surface area (Å²) in [6, 6.07) is 0.492. The van der Waals surface area contributed by atoms with Gasteiger partial charge in [0.1, 0.15) is 0 Å². The zero-order valence-electron chi connectivity index (χ0n) is 13.6. The Bertz CT molecular complexity index is 410. The predicted octanol–water partition coefficient (Wildman–Crippen LogP) is 1.78. The third kappa shape index (κ3) is 5.58. The van der Waals surface area contributed by atoms with Crippen molar-refractivity contribution in [2.75, 3.05) is 19.7 Å². The summed E-state index contributed by atoms with van der Waals surface area (Å²) in [5, 5.41) is 9.65. The third-order valence-electron chi connectivity index (χ3n) is 3.91. The molecule has 2 rings (SSSR count). The topological polar surface area (TPSA) is 74.8 Å². The van der Waals surface area contributed by atoms with E-state index in [-0.39, 0.29) is 12.1 Å². The van der Waals surface area contributed by atoms with Crippen LogP contribution in [0.5, 0.6) is 0 Å². The molecule has 6 heteroatoms. The standard InChI is InChI=1S/C16H28N4O2/c1-3-17-15(19-13-7-5-6-8-13)18-11-14(12-9-10-12)20-16(21)22-4-2/h5-6,12-14H,3-4,7-11H2,1-2H3,(H,20,21)(H2,17,18,19). The number of nitrogens with zero attached hydrogens (tertiary/aromatic N) is 1. The van der Waals surface area contributed by atoms with E-state index in [2.05, 4.69) is 40.0 Å². The van der Waals surface area contributed by atoms with Gasteiger partial charge in [-0.15, -0.1) is 0 Å². The minimum atomic E-state index is -0.340. The highest BCUT2D eigenvalue weighted by Crippen LogP contribution is 2.32. The molecule has 1 saturated carbocycles. The Kier molecular flexibility index (Phi) is 6.55. The van der Waals surface area contributed by atoms with Crippen molar-refractivity contribution in [2.45, 2.75) is 51.6 Å². The van der Waals surface area contributed by atoms with Gasteiger partial charge in [-0.2, -0.15) is 0 Å². The fourth-order valence-corrected chi connectivity index (χ4v) is 2.57. The number of hydrogen-bond donors (Lipinski definition) is 3. The van der Waals surface area contributed by atoms with Crippen molar-refractivity contribution < 1.29 is 9.53 Å². The molecule has 2 aliphatic rings. The molecule has 1 amide bonds. The number of ether oxygens (including phenoxy) is 1. The van der Waals surface area contributed by atoms with Gasteiger partial charge in [-0.05, 0) is 45.4 Å². The van der Waals surface area contributed by atoms with Crippen LogP contribution in [0.1, 0.15) is 39.5 Å². The lowest BCUT2D eigenvalue weighted by atomic mass is 10.2. The van der Waals surface area contributed by atoms with Crippen molar-refractivity contribution in [3.63, 3.8) is 0 Å². The number of carbonyl (C=O) groups is 1. The Morgan fingerprint density at radius 1 is 1.32 bits per heavy atom. The van der Waals surface area contributed by atoms with Crippen molar-refractivity contribution >= 4 is 12.1 Å². The molecule has 2 aliphatic carbocycles. The maximum atomic E-state index is 11.6. The molecule has 0 aromatic heterocycles. The molecule has 0 aromatic carbocycles. The second kappa shape index (κ2) is 8.66. The summed E-state index contributed by atoms with van der Waals surface area (Å²) < 4.78 is 4.97. The zero-order valence-corrected chi connectivity index (χ0v) is 13.6. The average molecular weight is 308 g/mol. The molecule has 1 atom stereocenters. The minimum absolute atomic E-state index is 0.0659. The number of amides is 1. The molecule has 6 nitrogen and oxygen atoms in total. The van der Waals surface area contributed by atoms with Crippen LogP contribution in [0.2, 0.25) is 0 Å². The molecule has 124 valence electrons. The van der Waals surface area contributed by atoms with E-state index in [4.69, 9.17) is 4.74 Å². The molecular weight excluding hydrogens is 280 g/mol. The highest BCUT2D eigenvalue weighted by atomic mass is 16.5. The smallest absolute Gasteiger partial charge is 0.407 e. The van der Waals surface area contributed by atoms with Gasteiger partial charge >= 0.3 is 6.09 Å². The van der Waals surface area contributed by atoms with E-state index in [0.29, 0.717) is 25.1 Å². The van der Waals surface area contributed by atoms with Gasteiger partial charge in [0.25, 0.3) is 0 Å². The Morgan fingerprint density at radius 3 is 2.64 bits per heavy atom. The highest BCUT2D eigenvalue weighted by Gasteiger charge is 2.32. The number of nitrogens with one attached hydrogen (secondary N) is 3. The molecule has 0 aromatic rings. The Labute approximate surface area is 132 Å². The second-order valence-electron chi connectivity index (χ2n) is 5.81. The zero-order chi connectivity index (χ0) is 15.8. The van der Waals surface area contributed by atoms with E-state index in [0.717, 1.165) is 38.2 Å². The molecule has 0 saturated heterocycles. The predicted molar refractivity (Wildman–Crippen MR) is 87.9 cm³/mol. The maximum absolute atomic E-state index is 11.6. The summed E-state index contributed by atoms with van der Waals surface area (Å²) >= 11 is 0. The van der Waals surface area contributed by atoms with Crippen molar-refractivity contribution in [1.29, 1.82) is 0 Å². The fourth-order valence-electron chi connectivity index (χ4n) is 2.57. The summed E-state index contributed by atoms with van der Waals surface area (Å²) in [4.78, 5) is 16.3. The van der Waals surface area contributed by atoms with Crippen LogP contribution in [0.3, 0.4) is 0 Å². The maximum Gasteiger partial charge on any atom is 0.407 e. The van der Waals surface area contributed by atoms with Crippen LogP contribution >= 0.6 is 0 Å². The molecule has 1 fully saturated rings. The molecule has 0 radical (unpaired) electrons. The van der Waals surface area contributed by atoms with Crippen molar-refractivity contribution in [3.8, 4) is 0 Å². The fraction of sp³-hybridized carbons (Fsp3) is 0.750. The first-order valence-electron chi connectivity index (χ1n) is 8.36. The van der Waals surface area contributed by atoms with Gasteiger partial charge in [0.2, 0.25) is 0 Å². The van der Waals surface area contributed by atoms with Gasteiger partial charge in [0.15, 0.2) is 5.96 Å². The molecule has 1 unspecified atom stereocenters. The summed E-state index contributed by atoms with van der Waals surface area (Å²) in [5.74, 6) is 1.36. The monoisotopic (exact) mass is 308 g/mol. The van der Waals surface area contributed by atoms with E-state index >= 15 is 0 Å². The molecule has 0 spiro atoms. The van der Waals surface area contributed by atoms with Gasteiger partial charge < -0.3 is 20.7 Å². The first-order chi connectivity index (χ1) is 10.7. The molecule has 0 bridgehead atoms. The van der Waals surface area contributed by atoms with Crippen LogP contribution < -0.4 is 16.0 Å².